The van der Waals surface area contributed by atoms with E-state index in [2.05, 4.69) is 18.5 Å². The number of rotatable bonds is 2. The first-order valence-electron chi connectivity index (χ1n) is 3.25. The maximum Gasteiger partial charge on any atom is 0.321 e. The minimum Gasteiger partial charge on any atom is -0.446 e. The molecule has 0 aliphatic carbocycles. The molecule has 0 rings (SSSR count). The van der Waals surface area contributed by atoms with Crippen LogP contribution in [0.3, 0.4) is 0 Å². The number of terminal acetylenes is 1. The van der Waals surface area contributed by atoms with Gasteiger partial charge in [0.05, 0.1) is 0 Å². The van der Waals surface area contributed by atoms with Gasteiger partial charge in [0.15, 0.2) is 5.60 Å². The average molecular weight is 171 g/mol. The molecule has 0 aromatic heterocycles. The van der Waals surface area contributed by atoms with E-state index in [1.54, 1.807) is 20.8 Å². The molecule has 0 fully saturated rings. The Bertz CT molecular complexity index is 189. The summed E-state index contributed by atoms with van der Waals surface area (Å²) in [6.07, 6.45) is 5.09. The van der Waals surface area contributed by atoms with Crippen molar-refractivity contribution in [2.24, 2.45) is 0 Å². The lowest BCUT2D eigenvalue weighted by atomic mass is 10.1. The summed E-state index contributed by atoms with van der Waals surface area (Å²) >= 11 is 4.67. The molecule has 0 N–H and O–H groups in total. The third-order valence-corrected chi connectivity index (χ3v) is 1.23. The number of carbonyl (C=O) groups excluding carboxylic acids is 1. The molecular weight excluding hydrogens is 160 g/mol. The van der Waals surface area contributed by atoms with E-state index in [0.29, 0.717) is 0 Å². The van der Waals surface area contributed by atoms with Crippen molar-refractivity contribution in [2.45, 2.75) is 31.6 Å². The Morgan fingerprint density at radius 3 is 2.45 bits per heavy atom. The van der Waals surface area contributed by atoms with Crippen LogP contribution >= 0.6 is 12.6 Å². The van der Waals surface area contributed by atoms with Crippen molar-refractivity contribution in [3.8, 4) is 12.3 Å². The van der Waals surface area contributed by atoms with Gasteiger partial charge >= 0.3 is 5.97 Å². The van der Waals surface area contributed by atoms with Gasteiger partial charge in [0.2, 0.25) is 0 Å². The number of hydrogen-bond acceptors (Lipinski definition) is 2. The van der Waals surface area contributed by atoms with Crippen LogP contribution in [-0.4, -0.2) is 16.8 Å². The van der Waals surface area contributed by atoms with Crippen LogP contribution in [0.4, 0.5) is 0 Å². The quantitative estimate of drug-likeness (QED) is 0.465. The number of hydrogen-bond donors (Lipinski definition) is 0. The molecule has 0 aliphatic rings. The highest BCUT2D eigenvalue weighted by Crippen LogP contribution is 2.09. The second-order valence-electron chi connectivity index (χ2n) is 2.72. The van der Waals surface area contributed by atoms with Crippen LogP contribution < -0.4 is 0 Å². The third kappa shape index (κ3) is 3.94. The standard InChI is InChI=1S/C8H11O2S/c1-5-8(3,4)10-7(9)6(2)11/h1,6H,2-4H3. The van der Waals surface area contributed by atoms with Gasteiger partial charge in [0.25, 0.3) is 0 Å². The van der Waals surface area contributed by atoms with Crippen molar-refractivity contribution in [1.29, 1.82) is 0 Å². The third-order valence-electron chi connectivity index (χ3n) is 1.04. The van der Waals surface area contributed by atoms with E-state index in [4.69, 9.17) is 11.2 Å². The van der Waals surface area contributed by atoms with Gasteiger partial charge in [0, 0.05) is 0 Å². The van der Waals surface area contributed by atoms with E-state index in [1.807, 2.05) is 0 Å². The summed E-state index contributed by atoms with van der Waals surface area (Å²) in [5.41, 5.74) is -0.843. The Morgan fingerprint density at radius 1 is 1.73 bits per heavy atom. The smallest absolute Gasteiger partial charge is 0.321 e. The van der Waals surface area contributed by atoms with Crippen molar-refractivity contribution in [2.75, 3.05) is 0 Å². The zero-order chi connectivity index (χ0) is 9.07. The van der Waals surface area contributed by atoms with Gasteiger partial charge in [-0.1, -0.05) is 18.5 Å². The molecule has 61 valence electrons. The number of esters is 1. The zero-order valence-corrected chi connectivity index (χ0v) is 7.70. The van der Waals surface area contributed by atoms with Crippen LogP contribution in [0.2, 0.25) is 0 Å². The summed E-state index contributed by atoms with van der Waals surface area (Å²) in [5.74, 6) is 1.90. The van der Waals surface area contributed by atoms with Crippen LogP contribution in [0.25, 0.3) is 0 Å². The fourth-order valence-electron chi connectivity index (χ4n) is 0.364. The Hall–Kier alpha value is -0.620. The summed E-state index contributed by atoms with van der Waals surface area (Å²) in [5, 5.41) is -0.539. The first-order chi connectivity index (χ1) is 4.89. The molecule has 0 aromatic carbocycles. The number of carbonyl (C=O) groups is 1. The van der Waals surface area contributed by atoms with E-state index in [0.717, 1.165) is 0 Å². The molecule has 0 saturated heterocycles. The van der Waals surface area contributed by atoms with Crippen LogP contribution in [0, 0.1) is 12.3 Å². The van der Waals surface area contributed by atoms with E-state index in [9.17, 15) is 4.79 Å². The highest BCUT2D eigenvalue weighted by molar-refractivity contribution is 7.81. The SMILES string of the molecule is C#CC(C)(C)OC(=O)C(C)[S]. The molecule has 0 heterocycles. The first-order valence-corrected chi connectivity index (χ1v) is 3.72. The fourth-order valence-corrected chi connectivity index (χ4v) is 0.412. The first kappa shape index (κ1) is 10.4. The topological polar surface area (TPSA) is 26.3 Å². The maximum atomic E-state index is 10.9. The Morgan fingerprint density at radius 2 is 2.18 bits per heavy atom. The van der Waals surface area contributed by atoms with Crippen molar-refractivity contribution < 1.29 is 9.53 Å². The Kier molecular flexibility index (Phi) is 3.47. The molecule has 0 aromatic rings. The highest BCUT2D eigenvalue weighted by atomic mass is 32.1. The molecule has 0 bridgehead atoms. The summed E-state index contributed by atoms with van der Waals surface area (Å²) < 4.78 is 4.87. The largest absolute Gasteiger partial charge is 0.446 e. The highest BCUT2D eigenvalue weighted by Gasteiger charge is 2.21. The second kappa shape index (κ2) is 3.68. The molecule has 1 radical (unpaired) electrons. The van der Waals surface area contributed by atoms with Gasteiger partial charge in [-0.25, -0.2) is 0 Å². The molecule has 0 saturated carbocycles. The van der Waals surface area contributed by atoms with Crippen LogP contribution in [0.1, 0.15) is 20.8 Å². The van der Waals surface area contributed by atoms with Gasteiger partial charge < -0.3 is 4.74 Å². The van der Waals surface area contributed by atoms with Gasteiger partial charge in [-0.3, -0.25) is 4.79 Å². The normalized spacial score (nSPS) is 13.4. The lowest BCUT2D eigenvalue weighted by Gasteiger charge is -2.19. The van der Waals surface area contributed by atoms with Crippen LogP contribution in [0.15, 0.2) is 0 Å². The molecule has 0 amide bonds. The van der Waals surface area contributed by atoms with Gasteiger partial charge in [-0.2, -0.15) is 0 Å². The van der Waals surface area contributed by atoms with Crippen LogP contribution in [0.5, 0.6) is 0 Å². The predicted octanol–water partition coefficient (Wildman–Crippen LogP) is 1.53. The predicted molar refractivity (Wildman–Crippen MR) is 46.1 cm³/mol. The molecule has 3 heteroatoms. The minimum atomic E-state index is -0.843. The monoisotopic (exact) mass is 171 g/mol. The van der Waals surface area contributed by atoms with Crippen molar-refractivity contribution in [3.63, 3.8) is 0 Å². The summed E-state index contributed by atoms with van der Waals surface area (Å²) in [6, 6.07) is 0. The van der Waals surface area contributed by atoms with Crippen molar-refractivity contribution >= 4 is 18.6 Å². The average Bonchev–Trinajstić information content (AvgIpc) is 1.87. The second-order valence-corrected chi connectivity index (χ2v) is 3.43. The molecule has 2 nitrogen and oxygen atoms in total. The molecule has 0 spiro atoms. The lowest BCUT2D eigenvalue weighted by molar-refractivity contribution is -0.150. The molecule has 1 atom stereocenters. The van der Waals surface area contributed by atoms with Gasteiger partial charge in [0.1, 0.15) is 5.25 Å². The van der Waals surface area contributed by atoms with E-state index >= 15 is 0 Å². The van der Waals surface area contributed by atoms with E-state index in [-0.39, 0.29) is 0 Å². The summed E-state index contributed by atoms with van der Waals surface area (Å²) in [7, 11) is 0. The van der Waals surface area contributed by atoms with Gasteiger partial charge in [-0.05, 0) is 20.8 Å². The zero-order valence-electron chi connectivity index (χ0n) is 6.88. The summed E-state index contributed by atoms with van der Waals surface area (Å²) in [4.78, 5) is 10.9. The van der Waals surface area contributed by atoms with Crippen molar-refractivity contribution in [1.82, 2.24) is 0 Å². The minimum absolute atomic E-state index is 0.442. The molecule has 11 heavy (non-hydrogen) atoms. The van der Waals surface area contributed by atoms with Gasteiger partial charge in [-0.15, -0.1) is 6.42 Å². The fraction of sp³-hybridized carbons (Fsp3) is 0.625. The van der Waals surface area contributed by atoms with E-state index in [1.165, 1.54) is 0 Å². The Balaban J connectivity index is 4.08. The molecule has 1 unspecified atom stereocenters. The van der Waals surface area contributed by atoms with Crippen molar-refractivity contribution in [3.05, 3.63) is 0 Å². The Labute approximate surface area is 72.7 Å². The summed E-state index contributed by atoms with van der Waals surface area (Å²) in [6.45, 7) is 4.87. The molecular formula is C8H11O2S. The van der Waals surface area contributed by atoms with Crippen LogP contribution in [-0.2, 0) is 9.53 Å². The molecule has 0 aliphatic heterocycles. The number of ether oxygens (including phenoxy) is 1. The lowest BCUT2D eigenvalue weighted by Crippen LogP contribution is -2.29. The van der Waals surface area contributed by atoms with E-state index < -0.39 is 16.8 Å². The maximum absolute atomic E-state index is 10.9.